The number of fused-ring (bicyclic) bond motifs is 1. The molecular weight excluding hydrogens is 198 g/mol. The van der Waals surface area contributed by atoms with Crippen molar-refractivity contribution < 1.29 is 5.11 Å². The fraction of sp³-hybridized carbons (Fsp3) is 0.429. The van der Waals surface area contributed by atoms with Crippen LogP contribution >= 0.6 is 0 Å². The molecule has 84 valence electrons. The van der Waals surface area contributed by atoms with Crippen LogP contribution < -0.4 is 0 Å². The summed E-state index contributed by atoms with van der Waals surface area (Å²) in [4.78, 5) is 0. The molecule has 0 unspecified atom stereocenters. The van der Waals surface area contributed by atoms with E-state index in [0.29, 0.717) is 0 Å². The maximum absolute atomic E-state index is 9.03. The fourth-order valence-electron chi connectivity index (χ4n) is 2.36. The van der Waals surface area contributed by atoms with E-state index in [2.05, 4.69) is 35.0 Å². The van der Waals surface area contributed by atoms with Crippen LogP contribution in [0.1, 0.15) is 18.4 Å². The third-order valence-corrected chi connectivity index (χ3v) is 3.44. The zero-order valence-corrected chi connectivity index (χ0v) is 9.39. The van der Waals surface area contributed by atoms with Gasteiger partial charge in [0.25, 0.3) is 0 Å². The van der Waals surface area contributed by atoms with Crippen LogP contribution in [0.5, 0.6) is 0 Å². The van der Waals surface area contributed by atoms with Crippen LogP contribution in [0.3, 0.4) is 0 Å². The second-order valence-electron chi connectivity index (χ2n) is 4.74. The Morgan fingerprint density at radius 3 is 2.88 bits per heavy atom. The van der Waals surface area contributed by atoms with E-state index in [9.17, 15) is 0 Å². The largest absolute Gasteiger partial charge is 0.396 e. The van der Waals surface area contributed by atoms with Gasteiger partial charge in [0.2, 0.25) is 0 Å². The van der Waals surface area contributed by atoms with Crippen LogP contribution in [0.2, 0.25) is 0 Å². The van der Waals surface area contributed by atoms with Crippen molar-refractivity contribution in [3.63, 3.8) is 0 Å². The van der Waals surface area contributed by atoms with Gasteiger partial charge in [-0.1, -0.05) is 12.1 Å². The lowest BCUT2D eigenvalue weighted by atomic mass is 10.1. The molecule has 0 atom stereocenters. The molecule has 1 aliphatic carbocycles. The first kappa shape index (κ1) is 9.91. The monoisotopic (exact) mass is 215 g/mol. The van der Waals surface area contributed by atoms with Gasteiger partial charge in [0.1, 0.15) is 0 Å². The first-order valence-corrected chi connectivity index (χ1v) is 6.06. The summed E-state index contributed by atoms with van der Waals surface area (Å²) in [6, 6.07) is 8.57. The van der Waals surface area contributed by atoms with Crippen LogP contribution in [0, 0.1) is 5.92 Å². The Morgan fingerprint density at radius 2 is 2.12 bits per heavy atom. The van der Waals surface area contributed by atoms with Gasteiger partial charge in [-0.15, -0.1) is 0 Å². The van der Waals surface area contributed by atoms with Gasteiger partial charge in [0.15, 0.2) is 0 Å². The molecule has 1 heterocycles. The molecule has 0 aliphatic heterocycles. The van der Waals surface area contributed by atoms with Gasteiger partial charge >= 0.3 is 0 Å². The molecule has 1 aromatic heterocycles. The topological polar surface area (TPSA) is 25.2 Å². The van der Waals surface area contributed by atoms with Crippen molar-refractivity contribution >= 4 is 10.9 Å². The average molecular weight is 215 g/mol. The SMILES string of the molecule is OCCc1cccc2c1ccn2CC1CC1. The molecule has 2 heteroatoms. The average Bonchev–Trinajstić information content (AvgIpc) is 3.01. The van der Waals surface area contributed by atoms with E-state index in [1.54, 1.807) is 0 Å². The molecule has 1 aliphatic rings. The smallest absolute Gasteiger partial charge is 0.0483 e. The minimum Gasteiger partial charge on any atom is -0.396 e. The van der Waals surface area contributed by atoms with Crippen molar-refractivity contribution in [1.29, 1.82) is 0 Å². The number of hydrogen-bond donors (Lipinski definition) is 1. The number of benzene rings is 1. The first-order chi connectivity index (χ1) is 7.88. The van der Waals surface area contributed by atoms with Gasteiger partial charge in [0, 0.05) is 30.3 Å². The molecule has 0 amide bonds. The molecule has 1 aromatic carbocycles. The summed E-state index contributed by atoms with van der Waals surface area (Å²) in [5, 5.41) is 10.3. The highest BCUT2D eigenvalue weighted by Gasteiger charge is 2.22. The molecule has 0 bridgehead atoms. The quantitative estimate of drug-likeness (QED) is 0.833. The number of aliphatic hydroxyl groups is 1. The summed E-state index contributed by atoms with van der Waals surface area (Å²) in [7, 11) is 0. The van der Waals surface area contributed by atoms with Gasteiger partial charge < -0.3 is 9.67 Å². The maximum Gasteiger partial charge on any atom is 0.0483 e. The minimum absolute atomic E-state index is 0.229. The van der Waals surface area contributed by atoms with E-state index in [1.807, 2.05) is 0 Å². The first-order valence-electron chi connectivity index (χ1n) is 6.06. The van der Waals surface area contributed by atoms with Crippen LogP contribution in [0.4, 0.5) is 0 Å². The highest BCUT2D eigenvalue weighted by Crippen LogP contribution is 2.32. The predicted molar refractivity (Wildman–Crippen MR) is 65.5 cm³/mol. The molecule has 3 rings (SSSR count). The summed E-state index contributed by atoms with van der Waals surface area (Å²) in [5.74, 6) is 0.900. The van der Waals surface area contributed by atoms with E-state index in [-0.39, 0.29) is 6.61 Å². The van der Waals surface area contributed by atoms with Crippen molar-refractivity contribution in [2.45, 2.75) is 25.8 Å². The van der Waals surface area contributed by atoms with Gasteiger partial charge in [-0.3, -0.25) is 0 Å². The minimum atomic E-state index is 0.229. The zero-order chi connectivity index (χ0) is 11.0. The second-order valence-corrected chi connectivity index (χ2v) is 4.74. The molecule has 0 saturated heterocycles. The predicted octanol–water partition coefficient (Wildman–Crippen LogP) is 2.59. The van der Waals surface area contributed by atoms with E-state index in [0.717, 1.165) is 18.9 Å². The summed E-state index contributed by atoms with van der Waals surface area (Å²) in [6.07, 6.45) is 5.71. The number of aromatic nitrogens is 1. The molecule has 2 nitrogen and oxygen atoms in total. The molecular formula is C14H17NO. The molecule has 0 spiro atoms. The third-order valence-electron chi connectivity index (χ3n) is 3.44. The molecule has 0 radical (unpaired) electrons. The standard InChI is InChI=1S/C14H17NO/c16-9-7-12-2-1-3-14-13(12)6-8-15(14)10-11-4-5-11/h1-3,6,8,11,16H,4-5,7,9-10H2. The van der Waals surface area contributed by atoms with Crippen molar-refractivity contribution in [3.8, 4) is 0 Å². The highest BCUT2D eigenvalue weighted by atomic mass is 16.2. The summed E-state index contributed by atoms with van der Waals surface area (Å²) in [5.41, 5.74) is 2.58. The van der Waals surface area contributed by atoms with Crippen LogP contribution in [0.15, 0.2) is 30.5 Å². The van der Waals surface area contributed by atoms with Gasteiger partial charge in [0.05, 0.1) is 0 Å². The van der Waals surface area contributed by atoms with Gasteiger partial charge in [-0.25, -0.2) is 0 Å². The van der Waals surface area contributed by atoms with Crippen molar-refractivity contribution in [2.75, 3.05) is 6.61 Å². The summed E-state index contributed by atoms with van der Waals surface area (Å²) < 4.78 is 2.36. The van der Waals surface area contributed by atoms with Crippen molar-refractivity contribution in [1.82, 2.24) is 4.57 Å². The molecule has 16 heavy (non-hydrogen) atoms. The normalized spacial score (nSPS) is 15.8. The number of nitrogens with zero attached hydrogens (tertiary/aromatic N) is 1. The van der Waals surface area contributed by atoms with Crippen molar-refractivity contribution in [3.05, 3.63) is 36.0 Å². The molecule has 1 N–H and O–H groups in total. The summed E-state index contributed by atoms with van der Waals surface area (Å²) >= 11 is 0. The second kappa shape index (κ2) is 3.95. The zero-order valence-electron chi connectivity index (χ0n) is 9.39. The third kappa shape index (κ3) is 1.74. The van der Waals surface area contributed by atoms with Crippen LogP contribution in [0.25, 0.3) is 10.9 Å². The van der Waals surface area contributed by atoms with Crippen LogP contribution in [-0.2, 0) is 13.0 Å². The van der Waals surface area contributed by atoms with E-state index >= 15 is 0 Å². The van der Waals surface area contributed by atoms with E-state index in [1.165, 1.54) is 29.3 Å². The Bertz CT molecular complexity index is 496. The van der Waals surface area contributed by atoms with Gasteiger partial charge in [-0.2, -0.15) is 0 Å². The number of hydrogen-bond acceptors (Lipinski definition) is 1. The Kier molecular flexibility index (Phi) is 2.44. The Morgan fingerprint density at radius 1 is 1.25 bits per heavy atom. The molecule has 1 fully saturated rings. The number of rotatable bonds is 4. The lowest BCUT2D eigenvalue weighted by Crippen LogP contribution is -1.98. The lowest BCUT2D eigenvalue weighted by Gasteiger charge is -2.05. The highest BCUT2D eigenvalue weighted by molar-refractivity contribution is 5.83. The fourth-order valence-corrected chi connectivity index (χ4v) is 2.36. The van der Waals surface area contributed by atoms with E-state index in [4.69, 9.17) is 5.11 Å². The Labute approximate surface area is 95.5 Å². The maximum atomic E-state index is 9.03. The number of aliphatic hydroxyl groups excluding tert-OH is 1. The molecule has 2 aromatic rings. The van der Waals surface area contributed by atoms with E-state index < -0.39 is 0 Å². The molecule has 1 saturated carbocycles. The summed E-state index contributed by atoms with van der Waals surface area (Å²) in [6.45, 7) is 1.39. The Balaban J connectivity index is 2.01. The van der Waals surface area contributed by atoms with Crippen molar-refractivity contribution in [2.24, 2.45) is 5.92 Å². The van der Waals surface area contributed by atoms with Gasteiger partial charge in [-0.05, 0) is 42.9 Å². The van der Waals surface area contributed by atoms with Crippen LogP contribution in [-0.4, -0.2) is 16.3 Å². The Hall–Kier alpha value is -1.28. The lowest BCUT2D eigenvalue weighted by molar-refractivity contribution is 0.300.